The van der Waals surface area contributed by atoms with Gasteiger partial charge in [0.25, 0.3) is 0 Å². The number of hydrogen-bond donors (Lipinski definition) is 0. The highest BCUT2D eigenvalue weighted by molar-refractivity contribution is 5.76. The van der Waals surface area contributed by atoms with E-state index in [0.29, 0.717) is 12.0 Å². The van der Waals surface area contributed by atoms with Crippen molar-refractivity contribution >= 4 is 5.91 Å². The molecule has 0 bridgehead atoms. The average Bonchev–Trinajstić information content (AvgIpc) is 2.78. The molecule has 2 aliphatic rings. The number of likely N-dealkylation sites (tertiary alicyclic amines) is 1. The van der Waals surface area contributed by atoms with Crippen LogP contribution in [-0.4, -0.2) is 36.6 Å². The Morgan fingerprint density at radius 2 is 2.36 bits per heavy atom. The van der Waals surface area contributed by atoms with Gasteiger partial charge < -0.3 is 9.64 Å². The molecule has 0 N–H and O–H groups in total. The summed E-state index contributed by atoms with van der Waals surface area (Å²) in [5.74, 6) is 0.312. The van der Waals surface area contributed by atoms with Gasteiger partial charge in [-0.15, -0.1) is 0 Å². The molecule has 1 amide bonds. The Morgan fingerprint density at radius 3 is 3.00 bits per heavy atom. The van der Waals surface area contributed by atoms with Crippen molar-refractivity contribution in [3.63, 3.8) is 0 Å². The lowest BCUT2D eigenvalue weighted by molar-refractivity contribution is -0.133. The third-order valence-corrected chi connectivity index (χ3v) is 2.25. The minimum absolute atomic E-state index is 0.312. The Bertz CT molecular complexity index is 165. The Morgan fingerprint density at radius 1 is 1.55 bits per heavy atom. The van der Waals surface area contributed by atoms with Crippen molar-refractivity contribution in [3.05, 3.63) is 0 Å². The summed E-state index contributed by atoms with van der Waals surface area (Å²) in [6.45, 7) is 2.63. The minimum Gasteiger partial charge on any atom is -0.371 e. The molecule has 0 radical (unpaired) electrons. The second-order valence-electron chi connectivity index (χ2n) is 3.25. The van der Waals surface area contributed by atoms with Crippen molar-refractivity contribution in [1.29, 1.82) is 0 Å². The quantitative estimate of drug-likeness (QED) is 0.541. The van der Waals surface area contributed by atoms with E-state index in [4.69, 9.17) is 4.74 Å². The molecule has 0 spiro atoms. The summed E-state index contributed by atoms with van der Waals surface area (Å²) < 4.78 is 5.07. The second kappa shape index (κ2) is 2.81. The first-order valence-electron chi connectivity index (χ1n) is 4.25. The van der Waals surface area contributed by atoms with Gasteiger partial charge in [0.15, 0.2) is 0 Å². The summed E-state index contributed by atoms with van der Waals surface area (Å²) in [4.78, 5) is 13.2. The molecule has 0 aliphatic carbocycles. The topological polar surface area (TPSA) is 32.8 Å². The molecule has 0 saturated carbocycles. The summed E-state index contributed by atoms with van der Waals surface area (Å²) in [5, 5.41) is 0. The number of hydrogen-bond acceptors (Lipinski definition) is 2. The fourth-order valence-electron chi connectivity index (χ4n) is 1.47. The van der Waals surface area contributed by atoms with Gasteiger partial charge in [-0.2, -0.15) is 0 Å². The highest BCUT2D eigenvalue weighted by Gasteiger charge is 2.28. The van der Waals surface area contributed by atoms with Crippen LogP contribution in [0.1, 0.15) is 19.3 Å². The third-order valence-electron chi connectivity index (χ3n) is 2.25. The molecule has 0 unspecified atom stereocenters. The highest BCUT2D eigenvalue weighted by Crippen LogP contribution is 2.16. The van der Waals surface area contributed by atoms with Crippen molar-refractivity contribution in [2.75, 3.05) is 19.7 Å². The van der Waals surface area contributed by atoms with Crippen molar-refractivity contribution in [2.45, 2.75) is 25.4 Å². The maximum Gasteiger partial charge on any atom is 0.222 e. The largest absolute Gasteiger partial charge is 0.371 e. The molecule has 0 aromatic carbocycles. The van der Waals surface area contributed by atoms with Crippen LogP contribution in [0.2, 0.25) is 0 Å². The molecule has 1 atom stereocenters. The summed E-state index contributed by atoms with van der Waals surface area (Å²) in [5.41, 5.74) is 0. The lowest BCUT2D eigenvalue weighted by Crippen LogP contribution is -2.37. The van der Waals surface area contributed by atoms with Gasteiger partial charge in [-0.25, -0.2) is 0 Å². The van der Waals surface area contributed by atoms with Gasteiger partial charge in [-0.05, 0) is 12.8 Å². The maximum absolute atomic E-state index is 11.2. The van der Waals surface area contributed by atoms with Crippen LogP contribution >= 0.6 is 0 Å². The number of ether oxygens (including phenoxy) is 1. The third kappa shape index (κ3) is 1.71. The molecule has 3 heteroatoms. The lowest BCUT2D eigenvalue weighted by atomic mass is 10.1. The number of carbonyl (C=O) groups excluding carboxylic acids is 1. The molecular formula is C8H13NO2. The Kier molecular flexibility index (Phi) is 1.82. The van der Waals surface area contributed by atoms with E-state index in [1.165, 1.54) is 6.42 Å². The molecule has 62 valence electrons. The minimum atomic E-state index is 0.312. The van der Waals surface area contributed by atoms with Crippen LogP contribution in [0.25, 0.3) is 0 Å². The van der Waals surface area contributed by atoms with E-state index in [1.807, 2.05) is 4.90 Å². The number of amides is 1. The summed E-state index contributed by atoms with van der Waals surface area (Å²) in [6.07, 6.45) is 3.34. The fourth-order valence-corrected chi connectivity index (χ4v) is 1.47. The van der Waals surface area contributed by atoms with Crippen molar-refractivity contribution in [2.24, 2.45) is 0 Å². The maximum atomic E-state index is 11.2. The van der Waals surface area contributed by atoms with Gasteiger partial charge in [0.1, 0.15) is 0 Å². The summed E-state index contributed by atoms with van der Waals surface area (Å²) in [6, 6.07) is 0. The average molecular weight is 155 g/mol. The van der Waals surface area contributed by atoms with Crippen LogP contribution in [0.5, 0.6) is 0 Å². The SMILES string of the molecule is O=C1CCCCN1C[C@@H]1CO1. The smallest absolute Gasteiger partial charge is 0.222 e. The molecule has 2 heterocycles. The molecule has 2 fully saturated rings. The number of piperidine rings is 1. The molecule has 2 rings (SSSR count). The van der Waals surface area contributed by atoms with E-state index in [0.717, 1.165) is 32.5 Å². The van der Waals surface area contributed by atoms with Crippen molar-refractivity contribution in [3.8, 4) is 0 Å². The molecule has 0 aromatic rings. The van der Waals surface area contributed by atoms with Gasteiger partial charge in [-0.1, -0.05) is 0 Å². The number of nitrogens with zero attached hydrogens (tertiary/aromatic N) is 1. The molecule has 2 saturated heterocycles. The normalized spacial score (nSPS) is 30.7. The van der Waals surface area contributed by atoms with E-state index >= 15 is 0 Å². The van der Waals surface area contributed by atoms with E-state index < -0.39 is 0 Å². The summed E-state index contributed by atoms with van der Waals surface area (Å²) >= 11 is 0. The van der Waals surface area contributed by atoms with Crippen LogP contribution in [0.15, 0.2) is 0 Å². The Labute approximate surface area is 66.3 Å². The van der Waals surface area contributed by atoms with Crippen molar-refractivity contribution < 1.29 is 9.53 Å². The molecule has 2 aliphatic heterocycles. The highest BCUT2D eigenvalue weighted by atomic mass is 16.6. The zero-order valence-corrected chi connectivity index (χ0v) is 6.58. The number of epoxide rings is 1. The molecule has 0 aromatic heterocycles. The monoisotopic (exact) mass is 155 g/mol. The Balaban J connectivity index is 1.83. The molecule has 3 nitrogen and oxygen atoms in total. The predicted octanol–water partition coefficient (Wildman–Crippen LogP) is 0.398. The van der Waals surface area contributed by atoms with Crippen LogP contribution in [0.4, 0.5) is 0 Å². The first kappa shape index (κ1) is 7.10. The van der Waals surface area contributed by atoms with Gasteiger partial charge in [0, 0.05) is 19.5 Å². The van der Waals surface area contributed by atoms with E-state index in [2.05, 4.69) is 0 Å². The van der Waals surface area contributed by atoms with Crippen LogP contribution < -0.4 is 0 Å². The Hall–Kier alpha value is -0.570. The zero-order valence-electron chi connectivity index (χ0n) is 6.58. The van der Waals surface area contributed by atoms with Gasteiger partial charge in [0.05, 0.1) is 12.7 Å². The van der Waals surface area contributed by atoms with E-state index in [1.54, 1.807) is 0 Å². The standard InChI is InChI=1S/C8H13NO2/c10-8-3-1-2-4-9(8)5-7-6-11-7/h7H,1-6H2/t7-/m1/s1. The van der Waals surface area contributed by atoms with Crippen molar-refractivity contribution in [1.82, 2.24) is 4.90 Å². The first-order valence-corrected chi connectivity index (χ1v) is 4.25. The van der Waals surface area contributed by atoms with Gasteiger partial charge in [-0.3, -0.25) is 4.79 Å². The zero-order chi connectivity index (χ0) is 7.68. The molecule has 11 heavy (non-hydrogen) atoms. The van der Waals surface area contributed by atoms with E-state index in [9.17, 15) is 4.79 Å². The number of rotatable bonds is 2. The number of carbonyl (C=O) groups is 1. The summed E-state index contributed by atoms with van der Waals surface area (Å²) in [7, 11) is 0. The second-order valence-corrected chi connectivity index (χ2v) is 3.25. The van der Waals surface area contributed by atoms with E-state index in [-0.39, 0.29) is 0 Å². The first-order chi connectivity index (χ1) is 5.36. The van der Waals surface area contributed by atoms with Gasteiger partial charge in [0.2, 0.25) is 5.91 Å². The lowest BCUT2D eigenvalue weighted by Gasteiger charge is -2.25. The molecular weight excluding hydrogens is 142 g/mol. The van der Waals surface area contributed by atoms with Gasteiger partial charge >= 0.3 is 0 Å². The van der Waals surface area contributed by atoms with Crippen LogP contribution in [-0.2, 0) is 9.53 Å². The fraction of sp³-hybridized carbons (Fsp3) is 0.875. The van der Waals surface area contributed by atoms with Crippen LogP contribution in [0.3, 0.4) is 0 Å². The van der Waals surface area contributed by atoms with Crippen LogP contribution in [0, 0.1) is 0 Å². The predicted molar refractivity (Wildman–Crippen MR) is 40.2 cm³/mol.